The van der Waals surface area contributed by atoms with Gasteiger partial charge in [-0.05, 0) is 28.1 Å². The van der Waals surface area contributed by atoms with Gasteiger partial charge in [-0.3, -0.25) is 0 Å². The Morgan fingerprint density at radius 1 is 1.54 bits per heavy atom. The van der Waals surface area contributed by atoms with Crippen molar-refractivity contribution in [1.29, 1.82) is 0 Å². The van der Waals surface area contributed by atoms with E-state index in [0.717, 1.165) is 29.8 Å². The van der Waals surface area contributed by atoms with Crippen molar-refractivity contribution in [3.05, 3.63) is 28.5 Å². The minimum atomic E-state index is 0.758. The minimum Gasteiger partial charge on any atom is -0.310 e. The third kappa shape index (κ3) is 4.07. The standard InChI is InChI=1S/C10H11BrN2/c1-2-3-7-12-8-9-5-4-6-10(11)13-9/h1,4-6,12H,3,7-8H2. The summed E-state index contributed by atoms with van der Waals surface area (Å²) in [5, 5.41) is 3.20. The van der Waals surface area contributed by atoms with Crippen LogP contribution in [0.4, 0.5) is 0 Å². The Balaban J connectivity index is 2.33. The molecule has 0 saturated heterocycles. The molecular formula is C10H11BrN2. The predicted molar refractivity (Wildman–Crippen MR) is 57.1 cm³/mol. The second-order valence-electron chi connectivity index (χ2n) is 2.58. The Kier molecular flexibility index (Phi) is 4.52. The number of hydrogen-bond donors (Lipinski definition) is 1. The van der Waals surface area contributed by atoms with E-state index >= 15 is 0 Å². The molecule has 0 saturated carbocycles. The van der Waals surface area contributed by atoms with E-state index in [1.165, 1.54) is 0 Å². The Bertz CT molecular complexity index is 304. The van der Waals surface area contributed by atoms with Crippen molar-refractivity contribution in [3.63, 3.8) is 0 Å². The van der Waals surface area contributed by atoms with Gasteiger partial charge in [0.05, 0.1) is 5.69 Å². The topological polar surface area (TPSA) is 24.9 Å². The summed E-state index contributed by atoms with van der Waals surface area (Å²) in [5.41, 5.74) is 1.02. The van der Waals surface area contributed by atoms with Crippen molar-refractivity contribution in [2.24, 2.45) is 0 Å². The molecule has 1 heterocycles. The summed E-state index contributed by atoms with van der Waals surface area (Å²) in [6.45, 7) is 1.60. The number of hydrogen-bond acceptors (Lipinski definition) is 2. The lowest BCUT2D eigenvalue weighted by molar-refractivity contribution is 0.687. The Morgan fingerprint density at radius 3 is 3.08 bits per heavy atom. The summed E-state index contributed by atoms with van der Waals surface area (Å²) >= 11 is 3.31. The fourth-order valence-electron chi connectivity index (χ4n) is 0.926. The molecule has 0 aliphatic carbocycles. The highest BCUT2D eigenvalue weighted by molar-refractivity contribution is 9.10. The van der Waals surface area contributed by atoms with Crippen molar-refractivity contribution in [3.8, 4) is 12.3 Å². The monoisotopic (exact) mass is 238 g/mol. The lowest BCUT2D eigenvalue weighted by Gasteiger charge is -2.01. The summed E-state index contributed by atoms with van der Waals surface area (Å²) in [5.74, 6) is 2.57. The molecule has 0 radical (unpaired) electrons. The van der Waals surface area contributed by atoms with Crippen molar-refractivity contribution in [2.45, 2.75) is 13.0 Å². The average Bonchev–Trinajstić information content (AvgIpc) is 2.13. The highest BCUT2D eigenvalue weighted by atomic mass is 79.9. The van der Waals surface area contributed by atoms with Crippen LogP contribution in [0.15, 0.2) is 22.8 Å². The van der Waals surface area contributed by atoms with Crippen LogP contribution in [0.3, 0.4) is 0 Å². The molecule has 0 unspecified atom stereocenters. The largest absolute Gasteiger partial charge is 0.310 e. The fourth-order valence-corrected chi connectivity index (χ4v) is 1.31. The van der Waals surface area contributed by atoms with Gasteiger partial charge in [-0.1, -0.05) is 6.07 Å². The molecule has 68 valence electrons. The maximum atomic E-state index is 5.12. The van der Waals surface area contributed by atoms with Gasteiger partial charge in [-0.15, -0.1) is 12.3 Å². The molecule has 0 amide bonds. The molecule has 0 aromatic carbocycles. The van der Waals surface area contributed by atoms with E-state index in [1.54, 1.807) is 0 Å². The van der Waals surface area contributed by atoms with Crippen LogP contribution in [0.5, 0.6) is 0 Å². The first kappa shape index (κ1) is 10.2. The van der Waals surface area contributed by atoms with Crippen LogP contribution in [0.25, 0.3) is 0 Å². The zero-order valence-corrected chi connectivity index (χ0v) is 8.84. The molecular weight excluding hydrogens is 228 g/mol. The van der Waals surface area contributed by atoms with E-state index in [9.17, 15) is 0 Å². The van der Waals surface area contributed by atoms with Crippen LogP contribution < -0.4 is 5.32 Å². The molecule has 13 heavy (non-hydrogen) atoms. The lowest BCUT2D eigenvalue weighted by Crippen LogP contribution is -2.14. The fraction of sp³-hybridized carbons (Fsp3) is 0.300. The van der Waals surface area contributed by atoms with Crippen molar-refractivity contribution in [1.82, 2.24) is 10.3 Å². The van der Waals surface area contributed by atoms with E-state index < -0.39 is 0 Å². The average molecular weight is 239 g/mol. The van der Waals surface area contributed by atoms with Crippen molar-refractivity contribution >= 4 is 15.9 Å². The Morgan fingerprint density at radius 2 is 2.38 bits per heavy atom. The Labute approximate surface area is 86.9 Å². The van der Waals surface area contributed by atoms with E-state index in [4.69, 9.17) is 6.42 Å². The molecule has 0 aliphatic heterocycles. The van der Waals surface area contributed by atoms with Gasteiger partial charge in [0.1, 0.15) is 4.60 Å². The first-order chi connectivity index (χ1) is 6.33. The van der Waals surface area contributed by atoms with Gasteiger partial charge >= 0.3 is 0 Å². The molecule has 0 spiro atoms. The number of terminal acetylenes is 1. The van der Waals surface area contributed by atoms with Crippen LogP contribution in [-0.4, -0.2) is 11.5 Å². The van der Waals surface area contributed by atoms with Gasteiger partial charge < -0.3 is 5.32 Å². The second kappa shape index (κ2) is 5.74. The van der Waals surface area contributed by atoms with Crippen molar-refractivity contribution < 1.29 is 0 Å². The highest BCUT2D eigenvalue weighted by Crippen LogP contribution is 2.05. The van der Waals surface area contributed by atoms with Crippen molar-refractivity contribution in [2.75, 3.05) is 6.54 Å². The quantitative estimate of drug-likeness (QED) is 0.493. The van der Waals surface area contributed by atoms with Crippen LogP contribution in [0.2, 0.25) is 0 Å². The third-order valence-electron chi connectivity index (χ3n) is 1.53. The van der Waals surface area contributed by atoms with E-state index in [1.807, 2.05) is 18.2 Å². The zero-order valence-electron chi connectivity index (χ0n) is 7.26. The number of nitrogens with zero attached hydrogens (tertiary/aromatic N) is 1. The van der Waals surface area contributed by atoms with Crippen LogP contribution in [-0.2, 0) is 6.54 Å². The normalized spacial score (nSPS) is 9.54. The first-order valence-corrected chi connectivity index (χ1v) is 4.88. The Hall–Kier alpha value is -0.850. The number of pyridine rings is 1. The maximum Gasteiger partial charge on any atom is 0.106 e. The van der Waals surface area contributed by atoms with Gasteiger partial charge in [0.25, 0.3) is 0 Å². The second-order valence-corrected chi connectivity index (χ2v) is 3.40. The van der Waals surface area contributed by atoms with Crippen LogP contribution >= 0.6 is 15.9 Å². The summed E-state index contributed by atoms with van der Waals surface area (Å²) in [6, 6.07) is 5.86. The number of halogens is 1. The van der Waals surface area contributed by atoms with Gasteiger partial charge in [0.2, 0.25) is 0 Å². The molecule has 1 aromatic heterocycles. The molecule has 1 N–H and O–H groups in total. The zero-order chi connectivity index (χ0) is 9.52. The lowest BCUT2D eigenvalue weighted by atomic mass is 10.3. The molecule has 2 nitrogen and oxygen atoms in total. The van der Waals surface area contributed by atoms with Crippen LogP contribution in [0.1, 0.15) is 12.1 Å². The molecule has 0 fully saturated rings. The van der Waals surface area contributed by atoms with Crippen LogP contribution in [0, 0.1) is 12.3 Å². The predicted octanol–water partition coefficient (Wildman–Crippen LogP) is 1.96. The van der Waals surface area contributed by atoms with Gasteiger partial charge in [0.15, 0.2) is 0 Å². The van der Waals surface area contributed by atoms with Gasteiger partial charge in [-0.25, -0.2) is 4.98 Å². The minimum absolute atomic E-state index is 0.758. The highest BCUT2D eigenvalue weighted by Gasteiger charge is 1.93. The molecule has 1 aromatic rings. The summed E-state index contributed by atoms with van der Waals surface area (Å²) in [7, 11) is 0. The molecule has 3 heteroatoms. The third-order valence-corrected chi connectivity index (χ3v) is 1.97. The van der Waals surface area contributed by atoms with E-state index in [-0.39, 0.29) is 0 Å². The molecule has 0 aliphatic rings. The molecule has 0 atom stereocenters. The summed E-state index contributed by atoms with van der Waals surface area (Å²) in [4.78, 5) is 4.27. The first-order valence-electron chi connectivity index (χ1n) is 4.08. The molecule has 0 bridgehead atoms. The van der Waals surface area contributed by atoms with Gasteiger partial charge in [-0.2, -0.15) is 0 Å². The maximum absolute atomic E-state index is 5.12. The number of nitrogens with one attached hydrogen (secondary N) is 1. The van der Waals surface area contributed by atoms with E-state index in [0.29, 0.717) is 0 Å². The summed E-state index contributed by atoms with van der Waals surface area (Å²) < 4.78 is 0.865. The number of aromatic nitrogens is 1. The molecule has 1 rings (SSSR count). The smallest absolute Gasteiger partial charge is 0.106 e. The summed E-state index contributed by atoms with van der Waals surface area (Å²) in [6.07, 6.45) is 5.88. The number of rotatable bonds is 4. The van der Waals surface area contributed by atoms with E-state index in [2.05, 4.69) is 32.2 Å². The van der Waals surface area contributed by atoms with Gasteiger partial charge in [0, 0.05) is 19.5 Å². The SMILES string of the molecule is C#CCCNCc1cccc(Br)n1.